The predicted octanol–water partition coefficient (Wildman–Crippen LogP) is 2.64. The first-order chi connectivity index (χ1) is 9.72. The highest BCUT2D eigenvalue weighted by molar-refractivity contribution is 7.09. The molecular weight excluding hydrogens is 268 g/mol. The number of aromatic nitrogens is 3. The van der Waals surface area contributed by atoms with Gasteiger partial charge in [0.25, 0.3) is 0 Å². The molecule has 1 aliphatic heterocycles. The van der Waals surface area contributed by atoms with Crippen molar-refractivity contribution in [3.8, 4) is 0 Å². The van der Waals surface area contributed by atoms with Crippen LogP contribution in [0.2, 0.25) is 0 Å². The first kappa shape index (κ1) is 13.8. The molecule has 1 aliphatic rings. The van der Waals surface area contributed by atoms with Gasteiger partial charge in [0.05, 0.1) is 11.2 Å². The molecule has 108 valence electrons. The van der Waals surface area contributed by atoms with Gasteiger partial charge in [0.15, 0.2) is 0 Å². The molecule has 0 amide bonds. The van der Waals surface area contributed by atoms with Crippen LogP contribution < -0.4 is 0 Å². The molecule has 1 saturated heterocycles. The second-order valence-corrected chi connectivity index (χ2v) is 6.73. The summed E-state index contributed by atoms with van der Waals surface area (Å²) in [4.78, 5) is 7.00. The summed E-state index contributed by atoms with van der Waals surface area (Å²) in [6, 6.07) is 0. The van der Waals surface area contributed by atoms with Gasteiger partial charge in [0, 0.05) is 49.4 Å². The molecule has 5 heteroatoms. The van der Waals surface area contributed by atoms with E-state index in [0.717, 1.165) is 18.9 Å². The Hall–Kier alpha value is -1.20. The zero-order chi connectivity index (χ0) is 13.9. The lowest BCUT2D eigenvalue weighted by molar-refractivity contribution is 0.166. The average Bonchev–Trinajstić information content (AvgIpc) is 3.05. The topological polar surface area (TPSA) is 34.0 Å². The lowest BCUT2D eigenvalue weighted by Crippen LogP contribution is -2.35. The normalized spacial score (nSPS) is 20.4. The van der Waals surface area contributed by atoms with Crippen molar-refractivity contribution in [3.63, 3.8) is 0 Å². The Morgan fingerprint density at radius 1 is 1.45 bits per heavy atom. The first-order valence-electron chi connectivity index (χ1n) is 7.30. The first-order valence-corrected chi connectivity index (χ1v) is 8.18. The molecule has 2 aromatic heterocycles. The van der Waals surface area contributed by atoms with E-state index in [0.29, 0.717) is 0 Å². The van der Waals surface area contributed by atoms with E-state index in [-0.39, 0.29) is 0 Å². The summed E-state index contributed by atoms with van der Waals surface area (Å²) in [6.07, 6.45) is 7.71. The molecule has 3 heterocycles. The molecule has 1 unspecified atom stereocenters. The molecule has 0 radical (unpaired) electrons. The van der Waals surface area contributed by atoms with E-state index in [9.17, 15) is 0 Å². The largest absolute Gasteiger partial charge is 0.299 e. The van der Waals surface area contributed by atoms with Gasteiger partial charge in [-0.05, 0) is 32.2 Å². The van der Waals surface area contributed by atoms with Crippen LogP contribution in [-0.4, -0.2) is 32.8 Å². The van der Waals surface area contributed by atoms with Crippen LogP contribution in [0.5, 0.6) is 0 Å². The summed E-state index contributed by atoms with van der Waals surface area (Å²) in [6.45, 7) is 5.59. The Bertz CT molecular complexity index is 546. The number of piperidine rings is 1. The number of likely N-dealkylation sites (tertiary alicyclic amines) is 1. The van der Waals surface area contributed by atoms with Crippen LogP contribution in [-0.2, 0) is 20.0 Å². The highest BCUT2D eigenvalue weighted by Gasteiger charge is 2.21. The third-order valence-electron chi connectivity index (χ3n) is 4.28. The molecule has 0 saturated carbocycles. The van der Waals surface area contributed by atoms with Gasteiger partial charge in [-0.25, -0.2) is 4.98 Å². The van der Waals surface area contributed by atoms with Crippen LogP contribution in [0.3, 0.4) is 0 Å². The zero-order valence-corrected chi connectivity index (χ0v) is 13.1. The smallest absolute Gasteiger partial charge is 0.0928 e. The van der Waals surface area contributed by atoms with E-state index in [1.807, 2.05) is 24.1 Å². The van der Waals surface area contributed by atoms with Crippen molar-refractivity contribution in [1.82, 2.24) is 19.7 Å². The van der Waals surface area contributed by atoms with Crippen molar-refractivity contribution >= 4 is 11.3 Å². The van der Waals surface area contributed by atoms with Gasteiger partial charge in [-0.3, -0.25) is 9.58 Å². The summed E-state index contributed by atoms with van der Waals surface area (Å²) in [5, 5.41) is 7.71. The fraction of sp³-hybridized carbons (Fsp3) is 0.600. The molecule has 3 rings (SSSR count). The summed E-state index contributed by atoms with van der Waals surface area (Å²) < 4.78 is 1.96. The van der Waals surface area contributed by atoms with Gasteiger partial charge in [0.1, 0.15) is 0 Å². The Morgan fingerprint density at radius 2 is 2.35 bits per heavy atom. The molecule has 0 bridgehead atoms. The minimum absolute atomic E-state index is 0.756. The van der Waals surface area contributed by atoms with Crippen molar-refractivity contribution < 1.29 is 0 Å². The zero-order valence-electron chi connectivity index (χ0n) is 12.2. The van der Waals surface area contributed by atoms with E-state index in [1.54, 1.807) is 11.3 Å². The minimum atomic E-state index is 0.756. The lowest BCUT2D eigenvalue weighted by atomic mass is 9.95. The van der Waals surface area contributed by atoms with Gasteiger partial charge in [-0.15, -0.1) is 11.3 Å². The number of rotatable bonds is 4. The molecule has 0 aliphatic carbocycles. The monoisotopic (exact) mass is 290 g/mol. The summed E-state index contributed by atoms with van der Waals surface area (Å²) >= 11 is 1.78. The van der Waals surface area contributed by atoms with Crippen molar-refractivity contribution in [3.05, 3.63) is 34.0 Å². The number of nitrogens with zero attached hydrogens (tertiary/aromatic N) is 4. The molecule has 0 spiro atoms. The maximum absolute atomic E-state index is 4.42. The van der Waals surface area contributed by atoms with Crippen LogP contribution in [0.15, 0.2) is 17.8 Å². The fourth-order valence-corrected chi connectivity index (χ4v) is 3.73. The van der Waals surface area contributed by atoms with Crippen LogP contribution in [0.25, 0.3) is 0 Å². The molecule has 2 aromatic rings. The van der Waals surface area contributed by atoms with E-state index >= 15 is 0 Å². The Morgan fingerprint density at radius 3 is 3.05 bits per heavy atom. The molecular formula is C15H22N4S. The van der Waals surface area contributed by atoms with Crippen LogP contribution in [0.4, 0.5) is 0 Å². The van der Waals surface area contributed by atoms with Gasteiger partial charge >= 0.3 is 0 Å². The molecule has 20 heavy (non-hydrogen) atoms. The van der Waals surface area contributed by atoms with Crippen LogP contribution in [0.1, 0.15) is 29.1 Å². The molecule has 1 atom stereocenters. The van der Waals surface area contributed by atoms with Crippen molar-refractivity contribution in [2.24, 2.45) is 13.0 Å². The number of aryl methyl sites for hydroxylation is 1. The quantitative estimate of drug-likeness (QED) is 0.868. The summed E-state index contributed by atoms with van der Waals surface area (Å²) in [5.74, 6) is 0.756. The van der Waals surface area contributed by atoms with Crippen molar-refractivity contribution in [1.29, 1.82) is 0 Å². The SMILES string of the molecule is Cc1c(CN2CCCC(Cc3nccs3)C2)cnn1C. The lowest BCUT2D eigenvalue weighted by Gasteiger charge is -2.32. The average molecular weight is 290 g/mol. The molecule has 0 N–H and O–H groups in total. The Balaban J connectivity index is 1.59. The van der Waals surface area contributed by atoms with Crippen molar-refractivity contribution in [2.45, 2.75) is 32.7 Å². The molecule has 0 aromatic carbocycles. The maximum Gasteiger partial charge on any atom is 0.0928 e. The number of hydrogen-bond donors (Lipinski definition) is 0. The Kier molecular flexibility index (Phi) is 4.17. The third-order valence-corrected chi connectivity index (χ3v) is 5.08. The van der Waals surface area contributed by atoms with E-state index < -0.39 is 0 Å². The van der Waals surface area contributed by atoms with Crippen molar-refractivity contribution in [2.75, 3.05) is 13.1 Å². The van der Waals surface area contributed by atoms with Gasteiger partial charge in [-0.1, -0.05) is 0 Å². The fourth-order valence-electron chi connectivity index (χ4n) is 3.00. The van der Waals surface area contributed by atoms with E-state index in [1.165, 1.54) is 42.2 Å². The van der Waals surface area contributed by atoms with Crippen LogP contribution >= 0.6 is 11.3 Å². The van der Waals surface area contributed by atoms with E-state index in [4.69, 9.17) is 0 Å². The number of thiazole rings is 1. The predicted molar refractivity (Wildman–Crippen MR) is 81.8 cm³/mol. The summed E-state index contributed by atoms with van der Waals surface area (Å²) in [5.41, 5.74) is 2.65. The molecule has 1 fully saturated rings. The third kappa shape index (κ3) is 3.10. The second-order valence-electron chi connectivity index (χ2n) is 5.75. The summed E-state index contributed by atoms with van der Waals surface area (Å²) in [7, 11) is 2.01. The molecule has 4 nitrogen and oxygen atoms in total. The number of hydrogen-bond acceptors (Lipinski definition) is 4. The standard InChI is InChI=1S/C15H22N4S/c1-12-14(9-17-18(12)2)11-19-6-3-4-13(10-19)8-15-16-5-7-20-15/h5,7,9,13H,3-4,6,8,10-11H2,1-2H3. The van der Waals surface area contributed by atoms with E-state index in [2.05, 4.69) is 27.3 Å². The van der Waals surface area contributed by atoms with Gasteiger partial charge < -0.3 is 0 Å². The Labute approximate surface area is 124 Å². The second kappa shape index (κ2) is 6.06. The van der Waals surface area contributed by atoms with Gasteiger partial charge in [-0.2, -0.15) is 5.10 Å². The minimum Gasteiger partial charge on any atom is -0.299 e. The van der Waals surface area contributed by atoms with Gasteiger partial charge in [0.2, 0.25) is 0 Å². The highest BCUT2D eigenvalue weighted by Crippen LogP contribution is 2.23. The van der Waals surface area contributed by atoms with Crippen LogP contribution in [0, 0.1) is 12.8 Å². The highest BCUT2D eigenvalue weighted by atomic mass is 32.1. The maximum atomic E-state index is 4.42.